The van der Waals surface area contributed by atoms with Crippen LogP contribution in [0.25, 0.3) is 10.9 Å². The van der Waals surface area contributed by atoms with Crippen LogP contribution in [-0.2, 0) is 4.79 Å². The fourth-order valence-corrected chi connectivity index (χ4v) is 5.22. The summed E-state index contributed by atoms with van der Waals surface area (Å²) in [7, 11) is 1.59. The van der Waals surface area contributed by atoms with Crippen molar-refractivity contribution in [3.05, 3.63) is 70.4 Å². The van der Waals surface area contributed by atoms with Crippen molar-refractivity contribution in [2.75, 3.05) is 26.7 Å². The van der Waals surface area contributed by atoms with Gasteiger partial charge in [0, 0.05) is 35.8 Å². The molecule has 3 atom stereocenters. The first-order valence-corrected chi connectivity index (χ1v) is 12.4. The molecule has 3 N–H and O–H groups in total. The maximum absolute atomic E-state index is 13.4. The summed E-state index contributed by atoms with van der Waals surface area (Å²) in [6.45, 7) is 1.33. The Morgan fingerprint density at radius 2 is 2.05 bits per heavy atom. The maximum atomic E-state index is 13.4. The highest BCUT2D eigenvalue weighted by molar-refractivity contribution is 6.32. The number of methoxy groups -OCH3 is 1. The van der Waals surface area contributed by atoms with Crippen molar-refractivity contribution in [2.24, 2.45) is 17.6 Å². The van der Waals surface area contributed by atoms with Gasteiger partial charge >= 0.3 is 5.97 Å². The van der Waals surface area contributed by atoms with Gasteiger partial charge in [-0.2, -0.15) is 0 Å². The number of aliphatic carboxylic acids is 1. The van der Waals surface area contributed by atoms with E-state index in [4.69, 9.17) is 22.1 Å². The maximum Gasteiger partial charge on any atom is 0.308 e. The number of benzene rings is 2. The molecule has 1 aliphatic rings. The minimum absolute atomic E-state index is 0.0495. The van der Waals surface area contributed by atoms with Crippen LogP contribution < -0.4 is 10.5 Å². The minimum atomic E-state index is -0.861. The van der Waals surface area contributed by atoms with Crippen LogP contribution in [0.4, 0.5) is 8.78 Å². The van der Waals surface area contributed by atoms with Gasteiger partial charge in [0.15, 0.2) is 0 Å². The monoisotopic (exact) mass is 527 g/mol. The van der Waals surface area contributed by atoms with E-state index in [0.717, 1.165) is 22.5 Å². The van der Waals surface area contributed by atoms with Crippen molar-refractivity contribution in [3.8, 4) is 17.6 Å². The molecule has 9 heteroatoms. The first-order valence-electron chi connectivity index (χ1n) is 12.0. The van der Waals surface area contributed by atoms with Crippen molar-refractivity contribution >= 4 is 28.5 Å². The Morgan fingerprint density at radius 3 is 2.76 bits per heavy atom. The molecular weight excluding hydrogens is 500 g/mol. The average Bonchev–Trinajstić information content (AvgIpc) is 2.86. The molecule has 1 aliphatic heterocycles. The quantitative estimate of drug-likeness (QED) is 0.419. The van der Waals surface area contributed by atoms with E-state index in [2.05, 4.69) is 16.8 Å². The molecule has 1 aromatic heterocycles. The number of hydrogen-bond acceptors (Lipinski definition) is 5. The van der Waals surface area contributed by atoms with Crippen LogP contribution in [0.3, 0.4) is 0 Å². The Labute approximate surface area is 219 Å². The summed E-state index contributed by atoms with van der Waals surface area (Å²) >= 11 is 6.48. The molecule has 0 radical (unpaired) electrons. The zero-order chi connectivity index (χ0) is 26.5. The number of nitrogens with zero attached hydrogens (tertiary/aromatic N) is 2. The van der Waals surface area contributed by atoms with Crippen LogP contribution in [-0.4, -0.2) is 47.7 Å². The molecule has 194 valence electrons. The third-order valence-electron chi connectivity index (χ3n) is 6.84. The molecular formula is C28H28ClF2N3O3. The molecule has 0 bridgehead atoms. The van der Waals surface area contributed by atoms with Gasteiger partial charge < -0.3 is 15.6 Å². The third kappa shape index (κ3) is 6.55. The predicted molar refractivity (Wildman–Crippen MR) is 138 cm³/mol. The Morgan fingerprint density at radius 1 is 1.30 bits per heavy atom. The molecule has 0 amide bonds. The molecule has 0 saturated carbocycles. The summed E-state index contributed by atoms with van der Waals surface area (Å²) in [5.41, 5.74) is 8.36. The number of rotatable bonds is 7. The Kier molecular flexibility index (Phi) is 8.59. The van der Waals surface area contributed by atoms with E-state index in [1.54, 1.807) is 13.3 Å². The number of carbonyl (C=O) groups is 1. The molecule has 2 heterocycles. The molecule has 3 unspecified atom stereocenters. The fraction of sp³-hybridized carbons (Fsp3) is 0.357. The number of carboxylic acid groups (broad SMARTS) is 1. The second kappa shape index (κ2) is 11.9. The second-order valence-corrected chi connectivity index (χ2v) is 9.68. The zero-order valence-corrected chi connectivity index (χ0v) is 21.1. The SMILES string of the molecule is COc1ccc2ncc(Cl)c(C(N)CCC3CCN(CC#Cc4cc(F)cc(F)c4)CC3C(=O)O)c2c1. The van der Waals surface area contributed by atoms with Crippen LogP contribution in [0.1, 0.15) is 36.4 Å². The zero-order valence-electron chi connectivity index (χ0n) is 20.4. The van der Waals surface area contributed by atoms with Gasteiger partial charge in [0.25, 0.3) is 0 Å². The second-order valence-electron chi connectivity index (χ2n) is 9.28. The van der Waals surface area contributed by atoms with E-state index in [0.29, 0.717) is 49.7 Å². The first-order chi connectivity index (χ1) is 17.7. The first kappa shape index (κ1) is 26.8. The molecule has 2 aromatic carbocycles. The minimum Gasteiger partial charge on any atom is -0.497 e. The van der Waals surface area contributed by atoms with Gasteiger partial charge in [0.05, 0.1) is 30.1 Å². The summed E-state index contributed by atoms with van der Waals surface area (Å²) in [5, 5.41) is 11.2. The molecule has 3 aromatic rings. The Bertz CT molecular complexity index is 1340. The smallest absolute Gasteiger partial charge is 0.308 e. The van der Waals surface area contributed by atoms with Gasteiger partial charge in [0.2, 0.25) is 0 Å². The van der Waals surface area contributed by atoms with Gasteiger partial charge in [-0.1, -0.05) is 23.4 Å². The van der Waals surface area contributed by atoms with Crippen LogP contribution in [0.15, 0.2) is 42.6 Å². The van der Waals surface area contributed by atoms with Gasteiger partial charge in [0.1, 0.15) is 17.4 Å². The lowest BCUT2D eigenvalue weighted by Crippen LogP contribution is -2.44. The van der Waals surface area contributed by atoms with Gasteiger partial charge in [-0.3, -0.25) is 14.7 Å². The largest absolute Gasteiger partial charge is 0.497 e. The highest BCUT2D eigenvalue weighted by Gasteiger charge is 2.34. The van der Waals surface area contributed by atoms with E-state index >= 15 is 0 Å². The number of piperidine rings is 1. The van der Waals surface area contributed by atoms with Gasteiger partial charge in [-0.25, -0.2) is 8.78 Å². The number of ether oxygens (including phenoxy) is 1. The van der Waals surface area contributed by atoms with Crippen LogP contribution in [0.5, 0.6) is 5.75 Å². The summed E-state index contributed by atoms with van der Waals surface area (Å²) in [6, 6.07) is 8.27. The summed E-state index contributed by atoms with van der Waals surface area (Å²) in [6.07, 6.45) is 3.46. The summed E-state index contributed by atoms with van der Waals surface area (Å²) < 4.78 is 32.1. The van der Waals surface area contributed by atoms with Crippen LogP contribution >= 0.6 is 11.6 Å². The molecule has 6 nitrogen and oxygen atoms in total. The highest BCUT2D eigenvalue weighted by atomic mass is 35.5. The van der Waals surface area contributed by atoms with Crippen molar-refractivity contribution in [1.29, 1.82) is 0 Å². The number of halogens is 3. The third-order valence-corrected chi connectivity index (χ3v) is 7.14. The molecule has 1 fully saturated rings. The number of carboxylic acids is 1. The topological polar surface area (TPSA) is 88.7 Å². The lowest BCUT2D eigenvalue weighted by Gasteiger charge is -2.36. The normalized spacial score (nSPS) is 18.7. The lowest BCUT2D eigenvalue weighted by molar-refractivity contribution is -0.146. The standard InChI is InChI=1S/C28H28ClF2N3O3/c1-37-21-5-7-26-22(14-21)27(24(29)15-33-26)25(32)6-4-18-8-10-34(16-23(18)28(35)36)9-2-3-17-11-19(30)13-20(31)12-17/h5,7,11-15,18,23,25H,4,6,8-10,16,32H2,1H3,(H,35,36). The number of hydrogen-bond donors (Lipinski definition) is 2. The van der Waals surface area contributed by atoms with Crippen molar-refractivity contribution in [2.45, 2.75) is 25.3 Å². The van der Waals surface area contributed by atoms with Gasteiger partial charge in [-0.15, -0.1) is 0 Å². The number of fused-ring (bicyclic) bond motifs is 1. The number of nitrogens with two attached hydrogens (primary N) is 1. The van der Waals surface area contributed by atoms with E-state index in [9.17, 15) is 18.7 Å². The molecule has 4 rings (SSSR count). The number of pyridine rings is 1. The highest BCUT2D eigenvalue weighted by Crippen LogP contribution is 2.35. The van der Waals surface area contributed by atoms with Gasteiger partial charge in [-0.05, 0) is 67.6 Å². The van der Waals surface area contributed by atoms with Crippen LogP contribution in [0, 0.1) is 35.3 Å². The number of aromatic nitrogens is 1. The summed E-state index contributed by atoms with van der Waals surface area (Å²) in [5.74, 6) is 3.48. The van der Waals surface area contributed by atoms with Crippen molar-refractivity contribution < 1.29 is 23.4 Å². The van der Waals surface area contributed by atoms with Crippen molar-refractivity contribution in [1.82, 2.24) is 9.88 Å². The Balaban J connectivity index is 1.41. The molecule has 0 spiro atoms. The van der Waals surface area contributed by atoms with E-state index in [1.807, 2.05) is 23.1 Å². The predicted octanol–water partition coefficient (Wildman–Crippen LogP) is 5.03. The van der Waals surface area contributed by atoms with E-state index in [1.165, 1.54) is 12.1 Å². The van der Waals surface area contributed by atoms with Crippen molar-refractivity contribution in [3.63, 3.8) is 0 Å². The molecule has 0 aliphatic carbocycles. The van der Waals surface area contributed by atoms with E-state index < -0.39 is 29.6 Å². The lowest BCUT2D eigenvalue weighted by atomic mass is 9.81. The molecule has 37 heavy (non-hydrogen) atoms. The fourth-order valence-electron chi connectivity index (χ4n) is 4.93. The van der Waals surface area contributed by atoms with E-state index in [-0.39, 0.29) is 11.5 Å². The summed E-state index contributed by atoms with van der Waals surface area (Å²) in [4.78, 5) is 18.4. The van der Waals surface area contributed by atoms with Crippen LogP contribution in [0.2, 0.25) is 5.02 Å². The average molecular weight is 528 g/mol. The number of likely N-dealkylation sites (tertiary alicyclic amines) is 1. The Hall–Kier alpha value is -3.25. The molecule has 1 saturated heterocycles.